The Kier molecular flexibility index (Phi) is 4.92. The van der Waals surface area contributed by atoms with Crippen molar-refractivity contribution in [1.29, 1.82) is 0 Å². The zero-order chi connectivity index (χ0) is 14.9. The highest BCUT2D eigenvalue weighted by Gasteiger charge is 2.43. The minimum Gasteiger partial charge on any atom is -0.378 e. The van der Waals surface area contributed by atoms with Crippen LogP contribution in [-0.4, -0.2) is 31.5 Å². The van der Waals surface area contributed by atoms with Crippen LogP contribution in [0.5, 0.6) is 0 Å². The molecule has 0 aromatic carbocycles. The molecule has 2 heterocycles. The lowest BCUT2D eigenvalue weighted by Crippen LogP contribution is -2.48. The van der Waals surface area contributed by atoms with Gasteiger partial charge in [-0.05, 0) is 62.2 Å². The van der Waals surface area contributed by atoms with Gasteiger partial charge in [-0.1, -0.05) is 13.8 Å². The largest absolute Gasteiger partial charge is 0.378 e. The van der Waals surface area contributed by atoms with Crippen molar-refractivity contribution in [2.75, 3.05) is 19.8 Å². The summed E-state index contributed by atoms with van der Waals surface area (Å²) in [6, 6.07) is 0.375. The van der Waals surface area contributed by atoms with E-state index in [1.54, 1.807) is 0 Å². The van der Waals surface area contributed by atoms with Crippen molar-refractivity contribution in [2.24, 2.45) is 29.4 Å². The maximum Gasteiger partial charge on any atom is 0.0939 e. The average Bonchev–Trinajstić information content (AvgIpc) is 2.94. The van der Waals surface area contributed by atoms with Crippen molar-refractivity contribution < 1.29 is 9.47 Å². The van der Waals surface area contributed by atoms with E-state index in [2.05, 4.69) is 13.8 Å². The highest BCUT2D eigenvalue weighted by molar-refractivity contribution is 4.95. The second kappa shape index (κ2) is 6.55. The predicted octanol–water partition coefficient (Wildman–Crippen LogP) is 3.36. The van der Waals surface area contributed by atoms with Crippen LogP contribution in [0.4, 0.5) is 0 Å². The molecule has 1 saturated carbocycles. The predicted molar refractivity (Wildman–Crippen MR) is 85.1 cm³/mol. The monoisotopic (exact) mass is 295 g/mol. The number of ether oxygens (including phenoxy) is 2. The lowest BCUT2D eigenvalue weighted by Gasteiger charge is -2.43. The van der Waals surface area contributed by atoms with E-state index in [1.807, 2.05) is 0 Å². The van der Waals surface area contributed by atoms with E-state index in [4.69, 9.17) is 15.2 Å². The Bertz CT molecular complexity index is 330. The summed E-state index contributed by atoms with van der Waals surface area (Å²) in [6.07, 6.45) is 8.78. The Balaban J connectivity index is 1.54. The third kappa shape index (κ3) is 3.46. The first-order valence-corrected chi connectivity index (χ1v) is 9.07. The summed E-state index contributed by atoms with van der Waals surface area (Å²) in [4.78, 5) is 0. The Morgan fingerprint density at radius 1 is 0.952 bits per heavy atom. The van der Waals surface area contributed by atoms with Crippen LogP contribution >= 0.6 is 0 Å². The van der Waals surface area contributed by atoms with Crippen LogP contribution in [0.15, 0.2) is 0 Å². The SMILES string of the molecule is CC(C)C1CCC(C(N)C2CCOC3(CCOC3)C2)CC1. The number of rotatable bonds is 3. The molecule has 1 aliphatic carbocycles. The normalized spacial score (nSPS) is 42.6. The van der Waals surface area contributed by atoms with Crippen LogP contribution in [0.2, 0.25) is 0 Å². The van der Waals surface area contributed by atoms with Crippen LogP contribution in [0.1, 0.15) is 58.8 Å². The lowest BCUT2D eigenvalue weighted by atomic mass is 9.70. The topological polar surface area (TPSA) is 44.5 Å². The molecule has 0 aromatic heterocycles. The molecule has 3 rings (SSSR count). The van der Waals surface area contributed by atoms with Gasteiger partial charge in [0.1, 0.15) is 0 Å². The molecule has 3 fully saturated rings. The molecular weight excluding hydrogens is 262 g/mol. The lowest BCUT2D eigenvalue weighted by molar-refractivity contribution is -0.104. The molecule has 3 aliphatic rings. The first-order valence-electron chi connectivity index (χ1n) is 9.07. The van der Waals surface area contributed by atoms with Crippen molar-refractivity contribution in [1.82, 2.24) is 0 Å². The first kappa shape index (κ1) is 15.8. The molecule has 3 unspecified atom stereocenters. The molecule has 1 spiro atoms. The third-order valence-electron chi connectivity index (χ3n) is 6.45. The molecule has 3 nitrogen and oxygen atoms in total. The summed E-state index contributed by atoms with van der Waals surface area (Å²) < 4.78 is 11.6. The Morgan fingerprint density at radius 3 is 2.29 bits per heavy atom. The summed E-state index contributed by atoms with van der Waals surface area (Å²) in [7, 11) is 0. The zero-order valence-electron chi connectivity index (χ0n) is 13.9. The minimum atomic E-state index is 0.00959. The first-order chi connectivity index (χ1) is 10.1. The van der Waals surface area contributed by atoms with Gasteiger partial charge in [0.15, 0.2) is 0 Å². The van der Waals surface area contributed by atoms with Gasteiger partial charge in [-0.25, -0.2) is 0 Å². The van der Waals surface area contributed by atoms with Gasteiger partial charge in [0, 0.05) is 25.7 Å². The van der Waals surface area contributed by atoms with Gasteiger partial charge in [-0.3, -0.25) is 0 Å². The fourth-order valence-electron chi connectivity index (χ4n) is 4.84. The minimum absolute atomic E-state index is 0.00959. The second-order valence-corrected chi connectivity index (χ2v) is 8.08. The Hall–Kier alpha value is -0.120. The Labute approximate surface area is 129 Å². The third-order valence-corrected chi connectivity index (χ3v) is 6.45. The van der Waals surface area contributed by atoms with Crippen LogP contribution < -0.4 is 5.73 Å². The summed E-state index contributed by atoms with van der Waals surface area (Å²) in [5, 5.41) is 0. The molecule has 3 heteroatoms. The van der Waals surface area contributed by atoms with E-state index in [1.165, 1.54) is 25.7 Å². The summed E-state index contributed by atoms with van der Waals surface area (Å²) in [6.45, 7) is 7.27. The number of nitrogens with two attached hydrogens (primary N) is 1. The van der Waals surface area contributed by atoms with Gasteiger partial charge >= 0.3 is 0 Å². The molecule has 0 bridgehead atoms. The Morgan fingerprint density at radius 2 is 1.67 bits per heavy atom. The van der Waals surface area contributed by atoms with Crippen molar-refractivity contribution in [3.05, 3.63) is 0 Å². The molecular formula is C18H33NO2. The summed E-state index contributed by atoms with van der Waals surface area (Å²) in [5.41, 5.74) is 6.71. The standard InChI is InChI=1S/C18H33NO2/c1-13(2)14-3-5-15(6-4-14)17(19)16-7-9-21-18(11-16)8-10-20-12-18/h13-17H,3-12,19H2,1-2H3. The maximum absolute atomic E-state index is 6.70. The quantitative estimate of drug-likeness (QED) is 0.868. The van der Waals surface area contributed by atoms with Crippen LogP contribution in [0.25, 0.3) is 0 Å². The fraction of sp³-hybridized carbons (Fsp3) is 1.00. The second-order valence-electron chi connectivity index (χ2n) is 8.08. The van der Waals surface area contributed by atoms with E-state index in [0.29, 0.717) is 12.0 Å². The highest BCUT2D eigenvalue weighted by Crippen LogP contribution is 2.41. The molecule has 122 valence electrons. The average molecular weight is 295 g/mol. The van der Waals surface area contributed by atoms with Crippen molar-refractivity contribution in [3.8, 4) is 0 Å². The van der Waals surface area contributed by atoms with Crippen LogP contribution in [0.3, 0.4) is 0 Å². The molecule has 3 atom stereocenters. The molecule has 2 aliphatic heterocycles. The highest BCUT2D eigenvalue weighted by atomic mass is 16.6. The van der Waals surface area contributed by atoms with E-state index in [9.17, 15) is 0 Å². The van der Waals surface area contributed by atoms with Gasteiger partial charge in [0.2, 0.25) is 0 Å². The fourth-order valence-corrected chi connectivity index (χ4v) is 4.84. The number of hydrogen-bond acceptors (Lipinski definition) is 3. The molecule has 0 radical (unpaired) electrons. The van der Waals surface area contributed by atoms with E-state index >= 15 is 0 Å². The smallest absolute Gasteiger partial charge is 0.0939 e. The van der Waals surface area contributed by atoms with E-state index in [-0.39, 0.29) is 5.60 Å². The van der Waals surface area contributed by atoms with Gasteiger partial charge in [0.05, 0.1) is 12.2 Å². The van der Waals surface area contributed by atoms with E-state index in [0.717, 1.165) is 56.8 Å². The van der Waals surface area contributed by atoms with Gasteiger partial charge in [-0.2, -0.15) is 0 Å². The molecule has 21 heavy (non-hydrogen) atoms. The van der Waals surface area contributed by atoms with Gasteiger partial charge in [-0.15, -0.1) is 0 Å². The van der Waals surface area contributed by atoms with Crippen molar-refractivity contribution in [3.63, 3.8) is 0 Å². The summed E-state index contributed by atoms with van der Waals surface area (Å²) >= 11 is 0. The number of hydrogen-bond donors (Lipinski definition) is 1. The van der Waals surface area contributed by atoms with Crippen molar-refractivity contribution >= 4 is 0 Å². The van der Waals surface area contributed by atoms with Gasteiger partial charge < -0.3 is 15.2 Å². The molecule has 2 N–H and O–H groups in total. The molecule has 0 aromatic rings. The van der Waals surface area contributed by atoms with Crippen LogP contribution in [0, 0.1) is 23.7 Å². The van der Waals surface area contributed by atoms with Crippen molar-refractivity contribution in [2.45, 2.75) is 70.4 Å². The zero-order valence-corrected chi connectivity index (χ0v) is 13.9. The molecule has 0 amide bonds. The summed E-state index contributed by atoms with van der Waals surface area (Å²) in [5.74, 6) is 3.14. The van der Waals surface area contributed by atoms with Gasteiger partial charge in [0.25, 0.3) is 0 Å². The maximum atomic E-state index is 6.70. The molecule has 2 saturated heterocycles. The van der Waals surface area contributed by atoms with Crippen LogP contribution in [-0.2, 0) is 9.47 Å². The van der Waals surface area contributed by atoms with E-state index < -0.39 is 0 Å².